The van der Waals surface area contributed by atoms with Gasteiger partial charge >= 0.3 is 0 Å². The Morgan fingerprint density at radius 2 is 2.05 bits per heavy atom. The highest BCUT2D eigenvalue weighted by Crippen LogP contribution is 2.47. The van der Waals surface area contributed by atoms with E-state index in [1.54, 1.807) is 6.08 Å². The van der Waals surface area contributed by atoms with Gasteiger partial charge in [-0.25, -0.2) is 13.8 Å². The number of ether oxygens (including phenoxy) is 1. The molecule has 5 unspecified atom stereocenters. The van der Waals surface area contributed by atoms with Gasteiger partial charge in [0, 0.05) is 25.1 Å². The molecule has 2 aliphatic carbocycles. The van der Waals surface area contributed by atoms with E-state index in [-0.39, 0.29) is 57.4 Å². The summed E-state index contributed by atoms with van der Waals surface area (Å²) in [7, 11) is 0. The molecule has 1 saturated carbocycles. The average Bonchev–Trinajstić information content (AvgIpc) is 3.63. The van der Waals surface area contributed by atoms with E-state index in [2.05, 4.69) is 25.9 Å². The van der Waals surface area contributed by atoms with Crippen molar-refractivity contribution in [3.63, 3.8) is 0 Å². The predicted octanol–water partition coefficient (Wildman–Crippen LogP) is 3.53. The molecule has 4 aliphatic rings. The number of allylic oxidation sites excluding steroid dienone is 1. The molecule has 0 radical (unpaired) electrons. The summed E-state index contributed by atoms with van der Waals surface area (Å²) in [5.41, 5.74) is -0.189. The fraction of sp³-hybridized carbons (Fsp3) is 0.481. The van der Waals surface area contributed by atoms with Gasteiger partial charge in [-0.15, -0.1) is 0 Å². The molecule has 2 amide bonds. The van der Waals surface area contributed by atoms with Crippen molar-refractivity contribution < 1.29 is 27.9 Å². The third-order valence-corrected chi connectivity index (χ3v) is 8.44. The number of amides is 2. The van der Waals surface area contributed by atoms with Crippen LogP contribution in [-0.2, 0) is 9.53 Å². The van der Waals surface area contributed by atoms with Gasteiger partial charge in [0.25, 0.3) is 5.91 Å². The van der Waals surface area contributed by atoms with E-state index >= 15 is 0 Å². The molecule has 1 aromatic heterocycles. The second kappa shape index (κ2) is 10.1. The van der Waals surface area contributed by atoms with Crippen LogP contribution in [0.2, 0.25) is 5.02 Å². The number of Topliss-reactive ketones (excluding diaryl/α,β-unsaturated/α-hetero) is 1. The van der Waals surface area contributed by atoms with E-state index in [0.29, 0.717) is 31.9 Å². The Morgan fingerprint density at radius 3 is 2.77 bits per heavy atom. The van der Waals surface area contributed by atoms with Crippen LogP contribution in [0.1, 0.15) is 59.5 Å². The molecule has 206 valence electrons. The van der Waals surface area contributed by atoms with Gasteiger partial charge in [0.05, 0.1) is 40.6 Å². The number of nitrogens with one attached hydrogen (secondary N) is 4. The topological polar surface area (TPSA) is 135 Å². The fourth-order valence-corrected chi connectivity index (χ4v) is 6.03. The van der Waals surface area contributed by atoms with Gasteiger partial charge in [-0.3, -0.25) is 14.4 Å². The summed E-state index contributed by atoms with van der Waals surface area (Å²) in [5.74, 6) is -3.09. The monoisotopic (exact) mass is 559 g/mol. The molecule has 4 N–H and O–H groups in total. The Labute approximate surface area is 228 Å². The number of imidazole rings is 1. The molecule has 6 rings (SSSR count). The Balaban J connectivity index is 1.00. The SMILES string of the molecule is O=C(NC1CC12CCCO2)c1[nH]cnc1C(=O)C1NC1CC1C=C[C@H](C(=O)Nc2c(F)cc(F)cc2Cl)CC1. The fourth-order valence-electron chi connectivity index (χ4n) is 5.79. The van der Waals surface area contributed by atoms with Crippen LogP contribution < -0.4 is 16.0 Å². The largest absolute Gasteiger partial charge is 0.373 e. The van der Waals surface area contributed by atoms with Crippen molar-refractivity contribution in [2.45, 2.75) is 62.3 Å². The predicted molar refractivity (Wildman–Crippen MR) is 137 cm³/mol. The molecule has 9 nitrogen and oxygen atoms in total. The van der Waals surface area contributed by atoms with Gasteiger partial charge in [-0.05, 0) is 44.1 Å². The van der Waals surface area contributed by atoms with Crippen molar-refractivity contribution in [2.75, 3.05) is 11.9 Å². The van der Waals surface area contributed by atoms with Crippen LogP contribution in [-0.4, -0.2) is 57.9 Å². The highest BCUT2D eigenvalue weighted by atomic mass is 35.5. The first kappa shape index (κ1) is 26.1. The highest BCUT2D eigenvalue weighted by molar-refractivity contribution is 6.33. The number of aromatic nitrogens is 2. The number of ketones is 1. The van der Waals surface area contributed by atoms with Crippen LogP contribution in [0.3, 0.4) is 0 Å². The van der Waals surface area contributed by atoms with Crippen molar-refractivity contribution in [1.29, 1.82) is 0 Å². The zero-order valence-corrected chi connectivity index (χ0v) is 21.7. The van der Waals surface area contributed by atoms with E-state index < -0.39 is 29.5 Å². The normalized spacial score (nSPS) is 30.8. The lowest BCUT2D eigenvalue weighted by Crippen LogP contribution is -2.33. The molecule has 2 aromatic rings. The maximum atomic E-state index is 14.0. The number of carbonyl (C=O) groups excluding carboxylic acids is 3. The lowest BCUT2D eigenvalue weighted by molar-refractivity contribution is -0.118. The van der Waals surface area contributed by atoms with E-state index in [4.69, 9.17) is 16.3 Å². The number of rotatable bonds is 8. The first-order valence-electron chi connectivity index (χ1n) is 13.2. The van der Waals surface area contributed by atoms with Gasteiger partial charge in [0.15, 0.2) is 5.82 Å². The first-order chi connectivity index (χ1) is 18.7. The number of H-pyrrole nitrogens is 1. The molecule has 3 fully saturated rings. The second-order valence-corrected chi connectivity index (χ2v) is 11.2. The summed E-state index contributed by atoms with van der Waals surface area (Å²) in [6, 6.07) is 1.08. The van der Waals surface area contributed by atoms with Gasteiger partial charge < -0.3 is 25.7 Å². The minimum Gasteiger partial charge on any atom is -0.373 e. The van der Waals surface area contributed by atoms with Crippen molar-refractivity contribution in [1.82, 2.24) is 20.6 Å². The number of halogens is 3. The highest BCUT2D eigenvalue weighted by Gasteiger charge is 2.58. The van der Waals surface area contributed by atoms with Crippen molar-refractivity contribution in [2.24, 2.45) is 11.8 Å². The molecule has 12 heteroatoms. The summed E-state index contributed by atoms with van der Waals surface area (Å²) < 4.78 is 33.1. The van der Waals surface area contributed by atoms with Gasteiger partial charge in [0.1, 0.15) is 17.2 Å². The Hall–Kier alpha value is -3.15. The summed E-state index contributed by atoms with van der Waals surface area (Å²) in [6.07, 6.45) is 9.70. The minimum atomic E-state index is -0.932. The summed E-state index contributed by atoms with van der Waals surface area (Å²) >= 11 is 5.88. The summed E-state index contributed by atoms with van der Waals surface area (Å²) in [5, 5.41) is 8.41. The Kier molecular flexibility index (Phi) is 6.76. The van der Waals surface area contributed by atoms with Crippen LogP contribution in [0.15, 0.2) is 30.6 Å². The van der Waals surface area contributed by atoms with Crippen LogP contribution in [0.5, 0.6) is 0 Å². The quantitative estimate of drug-likeness (QED) is 0.222. The van der Waals surface area contributed by atoms with Crippen LogP contribution in [0.25, 0.3) is 0 Å². The number of benzene rings is 1. The lowest BCUT2D eigenvalue weighted by atomic mass is 9.85. The zero-order valence-electron chi connectivity index (χ0n) is 20.9. The Bertz CT molecular complexity index is 1330. The molecule has 6 atom stereocenters. The van der Waals surface area contributed by atoms with E-state index in [9.17, 15) is 23.2 Å². The average molecular weight is 560 g/mol. The maximum Gasteiger partial charge on any atom is 0.270 e. The van der Waals surface area contributed by atoms with Crippen molar-refractivity contribution in [3.8, 4) is 0 Å². The summed E-state index contributed by atoms with van der Waals surface area (Å²) in [6.45, 7) is 0.712. The maximum absolute atomic E-state index is 14.0. The number of nitrogens with zero attached hydrogens (tertiary/aromatic N) is 1. The van der Waals surface area contributed by atoms with E-state index in [1.807, 2.05) is 6.08 Å². The molecule has 39 heavy (non-hydrogen) atoms. The van der Waals surface area contributed by atoms with Gasteiger partial charge in [-0.2, -0.15) is 0 Å². The summed E-state index contributed by atoms with van der Waals surface area (Å²) in [4.78, 5) is 45.5. The Morgan fingerprint density at radius 1 is 1.21 bits per heavy atom. The standard InChI is InChI=1S/C27H28ClF2N5O4/c28-16-9-15(29)10-17(30)20(16)35-25(37)14-4-2-13(3-5-14)8-18-21(33-18)24(36)22-23(32-12-31-22)26(38)34-19-11-27(19)6-1-7-39-27/h2,4,9-10,12-14,18-19,21,33H,1,3,5-8,11H2,(H,31,32)(H,34,38)(H,35,37)/t13?,14-,18?,19?,21?,27?/m0/s1. The van der Waals surface area contributed by atoms with Gasteiger partial charge in [-0.1, -0.05) is 23.8 Å². The third kappa shape index (κ3) is 5.22. The smallest absolute Gasteiger partial charge is 0.270 e. The molecule has 2 aliphatic heterocycles. The van der Waals surface area contributed by atoms with Gasteiger partial charge in [0.2, 0.25) is 11.7 Å². The number of carbonyl (C=O) groups is 3. The number of anilines is 1. The van der Waals surface area contributed by atoms with Crippen molar-refractivity contribution >= 4 is 34.9 Å². The van der Waals surface area contributed by atoms with Crippen LogP contribution >= 0.6 is 11.6 Å². The van der Waals surface area contributed by atoms with Crippen molar-refractivity contribution in [3.05, 3.63) is 58.7 Å². The lowest BCUT2D eigenvalue weighted by Gasteiger charge is -2.22. The zero-order chi connectivity index (χ0) is 27.3. The molecule has 3 heterocycles. The number of hydrogen-bond donors (Lipinski definition) is 4. The second-order valence-electron chi connectivity index (χ2n) is 10.8. The molecule has 1 aromatic carbocycles. The molecular formula is C27H28ClF2N5O4. The van der Waals surface area contributed by atoms with E-state index in [0.717, 1.165) is 25.3 Å². The third-order valence-electron chi connectivity index (χ3n) is 8.15. The van der Waals surface area contributed by atoms with Crippen LogP contribution in [0.4, 0.5) is 14.5 Å². The minimum absolute atomic E-state index is 0.0405. The number of hydrogen-bond acceptors (Lipinski definition) is 6. The molecular weight excluding hydrogens is 532 g/mol. The van der Waals surface area contributed by atoms with Crippen LogP contribution in [0, 0.1) is 23.5 Å². The number of aromatic amines is 1. The molecule has 2 saturated heterocycles. The van der Waals surface area contributed by atoms with E-state index in [1.165, 1.54) is 6.33 Å². The molecule has 0 bridgehead atoms. The molecule has 1 spiro atoms. The first-order valence-corrected chi connectivity index (χ1v) is 13.5.